The summed E-state index contributed by atoms with van der Waals surface area (Å²) < 4.78 is 16.8. The van der Waals surface area contributed by atoms with E-state index < -0.39 is 6.10 Å². The third-order valence-electron chi connectivity index (χ3n) is 5.50. The molecule has 0 saturated carbocycles. The van der Waals surface area contributed by atoms with Crippen LogP contribution in [0, 0.1) is 0 Å². The van der Waals surface area contributed by atoms with Crippen molar-refractivity contribution < 1.29 is 23.8 Å². The maximum atomic E-state index is 12.8. The molecule has 8 nitrogen and oxygen atoms in total. The molecule has 164 valence electrons. The van der Waals surface area contributed by atoms with Crippen molar-refractivity contribution >= 4 is 11.8 Å². The van der Waals surface area contributed by atoms with Gasteiger partial charge in [0.05, 0.1) is 13.7 Å². The molecule has 1 fully saturated rings. The normalized spacial score (nSPS) is 18.4. The summed E-state index contributed by atoms with van der Waals surface area (Å²) in [5, 5.41) is 2.94. The van der Waals surface area contributed by atoms with Gasteiger partial charge in [0.25, 0.3) is 5.91 Å². The smallest absolute Gasteiger partial charge is 0.267 e. The molecule has 31 heavy (non-hydrogen) atoms. The molecule has 4 rings (SSSR count). The third kappa shape index (κ3) is 5.08. The van der Waals surface area contributed by atoms with Gasteiger partial charge in [-0.15, -0.1) is 0 Å². The lowest BCUT2D eigenvalue weighted by atomic mass is 10.2. The van der Waals surface area contributed by atoms with Crippen molar-refractivity contribution in [3.63, 3.8) is 0 Å². The molecule has 1 N–H and O–H groups in total. The maximum absolute atomic E-state index is 12.8. The quantitative estimate of drug-likeness (QED) is 0.752. The van der Waals surface area contributed by atoms with Crippen LogP contribution < -0.4 is 19.5 Å². The standard InChI is InChI=1S/C23H27N3O5/c1-29-18-7-3-2-6-17(18)14-24-22(27)15-25-10-12-26(13-11-25)23(28)21-16-30-19-8-4-5-9-20(19)31-21/h2-9,21H,10-16H2,1H3,(H,24,27)/t21-/m1/s1. The van der Waals surface area contributed by atoms with E-state index in [1.54, 1.807) is 18.1 Å². The Labute approximate surface area is 181 Å². The number of benzene rings is 2. The second-order valence-corrected chi connectivity index (χ2v) is 7.55. The fraction of sp³-hybridized carbons (Fsp3) is 0.391. The van der Waals surface area contributed by atoms with Crippen LogP contribution in [0.2, 0.25) is 0 Å². The molecule has 2 amide bonds. The van der Waals surface area contributed by atoms with Crippen LogP contribution in [-0.4, -0.2) is 74.2 Å². The van der Waals surface area contributed by atoms with E-state index in [2.05, 4.69) is 10.2 Å². The van der Waals surface area contributed by atoms with E-state index in [-0.39, 0.29) is 18.4 Å². The van der Waals surface area contributed by atoms with E-state index in [0.29, 0.717) is 50.8 Å². The molecule has 8 heteroatoms. The van der Waals surface area contributed by atoms with Gasteiger partial charge in [0, 0.05) is 38.3 Å². The lowest BCUT2D eigenvalue weighted by Gasteiger charge is -2.36. The Bertz CT molecular complexity index is 927. The second kappa shape index (κ2) is 9.70. The van der Waals surface area contributed by atoms with Crippen LogP contribution in [0.4, 0.5) is 0 Å². The molecule has 1 saturated heterocycles. The number of nitrogens with one attached hydrogen (secondary N) is 1. The average molecular weight is 425 g/mol. The van der Waals surface area contributed by atoms with E-state index in [1.165, 1.54) is 0 Å². The number of ether oxygens (including phenoxy) is 3. The number of fused-ring (bicyclic) bond motifs is 1. The minimum absolute atomic E-state index is 0.0497. The zero-order chi connectivity index (χ0) is 21.6. The molecule has 1 atom stereocenters. The number of piperazine rings is 1. The lowest BCUT2D eigenvalue weighted by Crippen LogP contribution is -2.55. The van der Waals surface area contributed by atoms with E-state index >= 15 is 0 Å². The van der Waals surface area contributed by atoms with Gasteiger partial charge in [0.2, 0.25) is 12.0 Å². The predicted octanol–water partition coefficient (Wildman–Crippen LogP) is 1.30. The molecule has 0 aliphatic carbocycles. The summed E-state index contributed by atoms with van der Waals surface area (Å²) in [6.07, 6.45) is -0.634. The molecule has 2 aromatic carbocycles. The van der Waals surface area contributed by atoms with Crippen LogP contribution in [0.3, 0.4) is 0 Å². The summed E-state index contributed by atoms with van der Waals surface area (Å²) in [4.78, 5) is 29.0. The van der Waals surface area contributed by atoms with Crippen LogP contribution in [0.5, 0.6) is 17.2 Å². The molecule has 0 unspecified atom stereocenters. The summed E-state index contributed by atoms with van der Waals surface area (Å²) in [6.45, 7) is 3.31. The topological polar surface area (TPSA) is 80.3 Å². The molecule has 2 aliphatic rings. The van der Waals surface area contributed by atoms with Crippen LogP contribution >= 0.6 is 0 Å². The molecular weight excluding hydrogens is 398 g/mol. The number of carbonyl (C=O) groups is 2. The summed E-state index contributed by atoms with van der Waals surface area (Å²) in [5.74, 6) is 1.89. The molecule has 0 bridgehead atoms. The van der Waals surface area contributed by atoms with Gasteiger partial charge in [-0.2, -0.15) is 0 Å². The Morgan fingerprint density at radius 1 is 1.03 bits per heavy atom. The first-order valence-corrected chi connectivity index (χ1v) is 10.4. The number of rotatable bonds is 6. The Hall–Kier alpha value is -3.26. The molecule has 0 spiro atoms. The van der Waals surface area contributed by atoms with E-state index in [0.717, 1.165) is 11.3 Å². The van der Waals surface area contributed by atoms with E-state index in [1.807, 2.05) is 42.5 Å². The zero-order valence-electron chi connectivity index (χ0n) is 17.6. The molecule has 2 heterocycles. The van der Waals surface area contributed by atoms with Crippen molar-refractivity contribution in [2.45, 2.75) is 12.6 Å². The minimum atomic E-state index is -0.634. The van der Waals surface area contributed by atoms with Crippen molar-refractivity contribution in [2.24, 2.45) is 0 Å². The molecule has 0 aromatic heterocycles. The largest absolute Gasteiger partial charge is 0.496 e. The van der Waals surface area contributed by atoms with E-state index in [4.69, 9.17) is 14.2 Å². The number of hydrogen-bond donors (Lipinski definition) is 1. The van der Waals surface area contributed by atoms with Crippen molar-refractivity contribution in [1.82, 2.24) is 15.1 Å². The summed E-state index contributed by atoms with van der Waals surface area (Å²) >= 11 is 0. The fourth-order valence-corrected chi connectivity index (χ4v) is 3.77. The summed E-state index contributed by atoms with van der Waals surface area (Å²) in [5.41, 5.74) is 0.935. The van der Waals surface area contributed by atoms with Crippen molar-refractivity contribution in [1.29, 1.82) is 0 Å². The highest BCUT2D eigenvalue weighted by atomic mass is 16.6. The number of para-hydroxylation sites is 3. The van der Waals surface area contributed by atoms with Crippen LogP contribution in [-0.2, 0) is 16.1 Å². The number of amides is 2. The van der Waals surface area contributed by atoms with Gasteiger partial charge in [0.15, 0.2) is 11.5 Å². The first-order valence-electron chi connectivity index (χ1n) is 10.4. The first kappa shape index (κ1) is 21.0. The highest BCUT2D eigenvalue weighted by Crippen LogP contribution is 2.31. The van der Waals surface area contributed by atoms with Gasteiger partial charge < -0.3 is 24.4 Å². The predicted molar refractivity (Wildman–Crippen MR) is 114 cm³/mol. The van der Waals surface area contributed by atoms with Gasteiger partial charge in [-0.05, 0) is 18.2 Å². The number of methoxy groups -OCH3 is 1. The van der Waals surface area contributed by atoms with Crippen LogP contribution in [0.15, 0.2) is 48.5 Å². The second-order valence-electron chi connectivity index (χ2n) is 7.55. The van der Waals surface area contributed by atoms with Crippen molar-refractivity contribution in [3.8, 4) is 17.2 Å². The lowest BCUT2D eigenvalue weighted by molar-refractivity contribution is -0.143. The van der Waals surface area contributed by atoms with Crippen LogP contribution in [0.25, 0.3) is 0 Å². The zero-order valence-corrected chi connectivity index (χ0v) is 17.6. The summed E-state index contributed by atoms with van der Waals surface area (Å²) in [7, 11) is 1.62. The molecular formula is C23H27N3O5. The highest BCUT2D eigenvalue weighted by molar-refractivity contribution is 5.82. The number of carbonyl (C=O) groups excluding carboxylic acids is 2. The fourth-order valence-electron chi connectivity index (χ4n) is 3.77. The Balaban J connectivity index is 1.21. The van der Waals surface area contributed by atoms with E-state index in [9.17, 15) is 9.59 Å². The Morgan fingerprint density at radius 2 is 1.74 bits per heavy atom. The SMILES string of the molecule is COc1ccccc1CNC(=O)CN1CCN(C(=O)[C@H]2COc3ccccc3O2)CC1. The van der Waals surface area contributed by atoms with Crippen molar-refractivity contribution in [2.75, 3.05) is 46.4 Å². The average Bonchev–Trinajstić information content (AvgIpc) is 2.82. The van der Waals surface area contributed by atoms with Gasteiger partial charge in [-0.3, -0.25) is 14.5 Å². The first-order chi connectivity index (χ1) is 15.1. The van der Waals surface area contributed by atoms with Gasteiger partial charge in [-0.1, -0.05) is 30.3 Å². The molecule has 0 radical (unpaired) electrons. The highest BCUT2D eigenvalue weighted by Gasteiger charge is 2.32. The minimum Gasteiger partial charge on any atom is -0.496 e. The molecule has 2 aromatic rings. The summed E-state index contributed by atoms with van der Waals surface area (Å²) in [6, 6.07) is 15.0. The van der Waals surface area contributed by atoms with Crippen molar-refractivity contribution in [3.05, 3.63) is 54.1 Å². The number of nitrogens with zero attached hydrogens (tertiary/aromatic N) is 2. The Morgan fingerprint density at radius 3 is 2.52 bits per heavy atom. The Kier molecular flexibility index (Phi) is 6.57. The van der Waals surface area contributed by atoms with Gasteiger partial charge in [0.1, 0.15) is 12.4 Å². The third-order valence-corrected chi connectivity index (χ3v) is 5.50. The number of hydrogen-bond acceptors (Lipinski definition) is 6. The van der Waals surface area contributed by atoms with Gasteiger partial charge in [-0.25, -0.2) is 0 Å². The van der Waals surface area contributed by atoms with Gasteiger partial charge >= 0.3 is 0 Å². The monoisotopic (exact) mass is 425 g/mol. The van der Waals surface area contributed by atoms with Crippen LogP contribution in [0.1, 0.15) is 5.56 Å². The maximum Gasteiger partial charge on any atom is 0.267 e. The molecule has 2 aliphatic heterocycles.